The van der Waals surface area contributed by atoms with E-state index in [9.17, 15) is 149 Å². The summed E-state index contributed by atoms with van der Waals surface area (Å²) in [7, 11) is 0. The summed E-state index contributed by atoms with van der Waals surface area (Å²) in [6, 6.07) is 5.92. The fourth-order valence-electron chi connectivity index (χ4n) is 5.18. The quantitative estimate of drug-likeness (QED) is 0.0737. The van der Waals surface area contributed by atoms with Gasteiger partial charge in [-0.25, -0.2) is 0 Å². The standard InChI is InChI=1S/C31H23F34N/c32-16(33,18(36,37)20(40,41)22(44,45)24(48,49)26(52,53)28(56,57)30(60,61)62)10-4-6-12-66(14-15-8-2-1-3-9-15)13-7-5-11-17(34,35)19(38,39)21(42,43)23(46,47)25(50,51)27(54,55)29(58,59)31(63,64)65/h1-3,8-9H,4-7,10-14H2. The molecule has 0 bridgehead atoms. The van der Waals surface area contributed by atoms with Crippen molar-refractivity contribution in [3.8, 4) is 0 Å². The molecule has 0 aliphatic rings. The molecular formula is C31H23F34N. The molecule has 0 atom stereocenters. The maximum atomic E-state index is 14.3. The average Bonchev–Trinajstić information content (AvgIpc) is 3.13. The van der Waals surface area contributed by atoms with Crippen molar-refractivity contribution >= 4 is 0 Å². The lowest BCUT2D eigenvalue weighted by Crippen LogP contribution is -2.74. The van der Waals surface area contributed by atoms with Crippen LogP contribution in [0, 0.1) is 0 Å². The summed E-state index contributed by atoms with van der Waals surface area (Å²) >= 11 is 0. The van der Waals surface area contributed by atoms with Gasteiger partial charge < -0.3 is 0 Å². The van der Waals surface area contributed by atoms with Gasteiger partial charge in [-0.05, 0) is 44.3 Å². The maximum absolute atomic E-state index is 14.3. The van der Waals surface area contributed by atoms with Crippen LogP contribution in [0.4, 0.5) is 149 Å². The van der Waals surface area contributed by atoms with Gasteiger partial charge in [0.2, 0.25) is 0 Å². The van der Waals surface area contributed by atoms with Gasteiger partial charge in [0.15, 0.2) is 0 Å². The maximum Gasteiger partial charge on any atom is 0.460 e. The van der Waals surface area contributed by atoms with Gasteiger partial charge in [-0.15, -0.1) is 0 Å². The predicted molar refractivity (Wildman–Crippen MR) is 151 cm³/mol. The number of benzene rings is 1. The zero-order valence-electron chi connectivity index (χ0n) is 31.0. The van der Waals surface area contributed by atoms with Crippen LogP contribution >= 0.6 is 0 Å². The first-order valence-corrected chi connectivity index (χ1v) is 16.8. The summed E-state index contributed by atoms with van der Waals surface area (Å²) in [6.07, 6.45) is -27.7. The van der Waals surface area contributed by atoms with Crippen molar-refractivity contribution in [1.29, 1.82) is 0 Å². The van der Waals surface area contributed by atoms with E-state index in [1.54, 1.807) is 0 Å². The Morgan fingerprint density at radius 1 is 0.273 bits per heavy atom. The van der Waals surface area contributed by atoms with Crippen LogP contribution in [0.25, 0.3) is 0 Å². The van der Waals surface area contributed by atoms with Crippen LogP contribution in [0.15, 0.2) is 30.3 Å². The van der Waals surface area contributed by atoms with Crippen molar-refractivity contribution in [1.82, 2.24) is 4.90 Å². The molecular weight excluding hydrogens is 1030 g/mol. The largest absolute Gasteiger partial charge is 0.460 e. The van der Waals surface area contributed by atoms with Gasteiger partial charge in [-0.2, -0.15) is 149 Å². The van der Waals surface area contributed by atoms with Gasteiger partial charge in [0.05, 0.1) is 0 Å². The molecule has 0 radical (unpaired) electrons. The fraction of sp³-hybridized carbons (Fsp3) is 0.806. The summed E-state index contributed by atoms with van der Waals surface area (Å²) < 4.78 is 460. The average molecular weight is 1060 g/mol. The first kappa shape index (κ1) is 60.8. The first-order chi connectivity index (χ1) is 28.7. The third-order valence-electron chi connectivity index (χ3n) is 9.25. The third-order valence-corrected chi connectivity index (χ3v) is 9.25. The van der Waals surface area contributed by atoms with E-state index in [1.807, 2.05) is 0 Å². The number of unbranched alkanes of at least 4 members (excludes halogenated alkanes) is 2. The topological polar surface area (TPSA) is 3.24 Å². The monoisotopic (exact) mass is 1060 g/mol. The van der Waals surface area contributed by atoms with E-state index < -0.39 is 153 Å². The van der Waals surface area contributed by atoms with Crippen LogP contribution in [0.5, 0.6) is 0 Å². The molecule has 0 unspecified atom stereocenters. The minimum atomic E-state index is -8.90. The second-order valence-corrected chi connectivity index (χ2v) is 14.0. The first-order valence-electron chi connectivity index (χ1n) is 16.8. The van der Waals surface area contributed by atoms with E-state index in [0.29, 0.717) is 4.90 Å². The molecule has 0 saturated heterocycles. The van der Waals surface area contributed by atoms with Crippen molar-refractivity contribution in [3.05, 3.63) is 35.9 Å². The van der Waals surface area contributed by atoms with Gasteiger partial charge in [0.25, 0.3) is 0 Å². The Bertz CT molecular complexity index is 1630. The van der Waals surface area contributed by atoms with E-state index in [4.69, 9.17) is 0 Å². The minimum absolute atomic E-state index is 0.0256. The van der Waals surface area contributed by atoms with Gasteiger partial charge in [-0.3, -0.25) is 4.90 Å². The van der Waals surface area contributed by atoms with Gasteiger partial charge in [-0.1, -0.05) is 30.3 Å². The lowest BCUT2D eigenvalue weighted by molar-refractivity contribution is -0.461. The van der Waals surface area contributed by atoms with Crippen molar-refractivity contribution in [2.24, 2.45) is 0 Å². The van der Waals surface area contributed by atoms with Crippen LogP contribution in [-0.4, -0.2) is 113 Å². The molecule has 1 nitrogen and oxygen atoms in total. The van der Waals surface area contributed by atoms with Gasteiger partial charge in [0.1, 0.15) is 0 Å². The Hall–Kier alpha value is -3.20. The molecule has 0 spiro atoms. The normalized spacial score (nSPS) is 16.1. The molecule has 0 saturated carbocycles. The fourth-order valence-corrected chi connectivity index (χ4v) is 5.18. The smallest absolute Gasteiger partial charge is 0.299 e. The van der Waals surface area contributed by atoms with E-state index in [1.165, 1.54) is 18.2 Å². The summed E-state index contributed by atoms with van der Waals surface area (Å²) in [6.45, 7) is -2.68. The van der Waals surface area contributed by atoms with Crippen molar-refractivity contribution in [2.75, 3.05) is 13.1 Å². The molecule has 35 heteroatoms. The summed E-state index contributed by atoms with van der Waals surface area (Å²) in [4.78, 5) is 0.695. The molecule has 1 rings (SSSR count). The highest BCUT2D eigenvalue weighted by atomic mass is 19.4. The van der Waals surface area contributed by atoms with Crippen molar-refractivity contribution in [3.63, 3.8) is 0 Å². The molecule has 0 heterocycles. The molecule has 0 aromatic heterocycles. The van der Waals surface area contributed by atoms with Crippen molar-refractivity contribution < 1.29 is 149 Å². The summed E-state index contributed by atoms with van der Waals surface area (Å²) in [5.74, 6) is -117. The number of halogens is 34. The molecule has 0 aliphatic carbocycles. The van der Waals surface area contributed by atoms with Crippen molar-refractivity contribution in [2.45, 2.75) is 140 Å². The van der Waals surface area contributed by atoms with Crippen LogP contribution in [0.2, 0.25) is 0 Å². The molecule has 390 valence electrons. The Morgan fingerprint density at radius 2 is 0.500 bits per heavy atom. The minimum Gasteiger partial charge on any atom is -0.299 e. The number of hydrogen-bond donors (Lipinski definition) is 0. The summed E-state index contributed by atoms with van der Waals surface area (Å²) in [5, 5.41) is 0. The SMILES string of the molecule is FC(F)(F)C(F)(F)C(F)(F)C(F)(F)C(F)(F)C(F)(F)C(F)(F)C(F)(F)CCCCN(CCCCC(F)(F)C(F)(F)C(F)(F)C(F)(F)C(F)(F)C(F)(F)C(F)(F)C(F)(F)F)Cc1ccccc1. The number of nitrogens with zero attached hydrogens (tertiary/aromatic N) is 1. The zero-order chi connectivity index (χ0) is 53.1. The Kier molecular flexibility index (Phi) is 16.5. The van der Waals surface area contributed by atoms with Crippen LogP contribution < -0.4 is 0 Å². The highest BCUT2D eigenvalue weighted by Crippen LogP contribution is 2.66. The second kappa shape index (κ2) is 18.0. The highest BCUT2D eigenvalue weighted by Gasteiger charge is 2.96. The summed E-state index contributed by atoms with van der Waals surface area (Å²) in [5.41, 5.74) is 0.0256. The zero-order valence-corrected chi connectivity index (χ0v) is 31.0. The molecule has 66 heavy (non-hydrogen) atoms. The van der Waals surface area contributed by atoms with Gasteiger partial charge >= 0.3 is 95.3 Å². The van der Waals surface area contributed by atoms with E-state index in [0.717, 1.165) is 12.1 Å². The number of rotatable bonds is 24. The van der Waals surface area contributed by atoms with E-state index in [-0.39, 0.29) is 5.56 Å². The Balaban J connectivity index is 3.30. The van der Waals surface area contributed by atoms with Crippen LogP contribution in [0.3, 0.4) is 0 Å². The second-order valence-electron chi connectivity index (χ2n) is 14.0. The van der Waals surface area contributed by atoms with Crippen LogP contribution in [0.1, 0.15) is 44.1 Å². The third kappa shape index (κ3) is 9.56. The Labute approximate surface area is 344 Å². The lowest BCUT2D eigenvalue weighted by atomic mass is 9.88. The molecule has 0 fully saturated rings. The van der Waals surface area contributed by atoms with Crippen LogP contribution in [-0.2, 0) is 6.54 Å². The number of alkyl halides is 34. The molecule has 1 aromatic carbocycles. The highest BCUT2D eigenvalue weighted by molar-refractivity contribution is 5.17. The predicted octanol–water partition coefficient (Wildman–Crippen LogP) is 14.8. The molecule has 0 amide bonds. The molecule has 0 N–H and O–H groups in total. The lowest BCUT2D eigenvalue weighted by Gasteiger charge is -2.42. The van der Waals surface area contributed by atoms with Gasteiger partial charge in [0, 0.05) is 19.4 Å². The number of hydrogen-bond acceptors (Lipinski definition) is 1. The molecule has 1 aromatic rings. The van der Waals surface area contributed by atoms with E-state index >= 15 is 0 Å². The Morgan fingerprint density at radius 3 is 0.742 bits per heavy atom. The van der Waals surface area contributed by atoms with E-state index in [2.05, 4.69) is 0 Å². The molecule has 0 aliphatic heterocycles.